The lowest BCUT2D eigenvalue weighted by atomic mass is 9.72. The standard InChI is InChI=1S/C16H26F4O10S2/c1-7-14(6,12(22)30-10(3)16(19,20)32(26,27)28)8-13(4,5)11(21)29-9(2)15(17,18)31(23,24)25/h9-10H,7-8H2,1-6H3,(H,23,24,25)(H,26,27,28). The summed E-state index contributed by atoms with van der Waals surface area (Å²) in [5.74, 6) is -2.79. The largest absolute Gasteiger partial charge is 0.455 e. The van der Waals surface area contributed by atoms with Crippen LogP contribution in [0, 0.1) is 10.8 Å². The Bertz CT molecular complexity index is 930. The highest BCUT2D eigenvalue weighted by Gasteiger charge is 2.55. The van der Waals surface area contributed by atoms with Crippen LogP contribution in [0.25, 0.3) is 0 Å². The highest BCUT2D eigenvalue weighted by atomic mass is 32.2. The van der Waals surface area contributed by atoms with Crippen LogP contribution in [0.1, 0.15) is 54.4 Å². The predicted octanol–water partition coefficient (Wildman–Crippen LogP) is 2.64. The van der Waals surface area contributed by atoms with Gasteiger partial charge in [-0.3, -0.25) is 18.7 Å². The normalized spacial score (nSPS) is 17.8. The van der Waals surface area contributed by atoms with E-state index in [1.54, 1.807) is 0 Å². The van der Waals surface area contributed by atoms with Crippen molar-refractivity contribution < 1.29 is 62.6 Å². The van der Waals surface area contributed by atoms with Gasteiger partial charge < -0.3 is 9.47 Å². The molecule has 190 valence electrons. The third-order valence-corrected chi connectivity index (χ3v) is 6.90. The number of rotatable bonds is 11. The number of esters is 2. The van der Waals surface area contributed by atoms with Gasteiger partial charge in [0.25, 0.3) is 0 Å². The Balaban J connectivity index is 5.65. The van der Waals surface area contributed by atoms with Gasteiger partial charge in [0.1, 0.15) is 0 Å². The van der Waals surface area contributed by atoms with Crippen LogP contribution in [0.2, 0.25) is 0 Å². The van der Waals surface area contributed by atoms with E-state index < -0.39 is 72.1 Å². The average Bonchev–Trinajstić information content (AvgIpc) is 2.58. The fraction of sp³-hybridized carbons (Fsp3) is 0.875. The summed E-state index contributed by atoms with van der Waals surface area (Å²) in [5, 5.41) is -9.66. The molecule has 0 fully saturated rings. The van der Waals surface area contributed by atoms with Crippen molar-refractivity contribution in [2.24, 2.45) is 10.8 Å². The zero-order valence-electron chi connectivity index (χ0n) is 18.1. The van der Waals surface area contributed by atoms with E-state index in [4.69, 9.17) is 9.11 Å². The molecule has 0 aliphatic rings. The van der Waals surface area contributed by atoms with E-state index in [0.29, 0.717) is 13.8 Å². The maximum atomic E-state index is 13.7. The molecule has 0 heterocycles. The van der Waals surface area contributed by atoms with E-state index in [1.807, 2.05) is 0 Å². The summed E-state index contributed by atoms with van der Waals surface area (Å²) in [6, 6.07) is 0. The van der Waals surface area contributed by atoms with Crippen LogP contribution in [0.15, 0.2) is 0 Å². The van der Waals surface area contributed by atoms with E-state index in [-0.39, 0.29) is 6.42 Å². The molecule has 0 aromatic rings. The molecule has 3 atom stereocenters. The van der Waals surface area contributed by atoms with Crippen molar-refractivity contribution in [1.82, 2.24) is 0 Å². The summed E-state index contributed by atoms with van der Waals surface area (Å²) < 4.78 is 124. The molecule has 10 nitrogen and oxygen atoms in total. The van der Waals surface area contributed by atoms with Crippen molar-refractivity contribution in [2.45, 2.75) is 77.1 Å². The Hall–Kier alpha value is -1.52. The summed E-state index contributed by atoms with van der Waals surface area (Å²) in [6.45, 7) is 5.84. The molecule has 0 saturated carbocycles. The Morgan fingerprint density at radius 1 is 0.812 bits per heavy atom. The first-order chi connectivity index (χ1) is 13.9. The van der Waals surface area contributed by atoms with Crippen LogP contribution in [0.5, 0.6) is 0 Å². The highest BCUT2D eigenvalue weighted by Crippen LogP contribution is 2.40. The van der Waals surface area contributed by atoms with Gasteiger partial charge in [-0.25, -0.2) is 0 Å². The fourth-order valence-electron chi connectivity index (χ4n) is 2.57. The lowest BCUT2D eigenvalue weighted by Gasteiger charge is -2.35. The number of halogens is 4. The minimum atomic E-state index is -5.91. The minimum absolute atomic E-state index is 0.149. The van der Waals surface area contributed by atoms with Gasteiger partial charge in [-0.1, -0.05) is 6.92 Å². The van der Waals surface area contributed by atoms with Crippen molar-refractivity contribution in [3.63, 3.8) is 0 Å². The minimum Gasteiger partial charge on any atom is -0.455 e. The first-order valence-corrected chi connectivity index (χ1v) is 11.9. The van der Waals surface area contributed by atoms with Gasteiger partial charge >= 0.3 is 42.7 Å². The molecule has 0 aromatic carbocycles. The van der Waals surface area contributed by atoms with Crippen LogP contribution >= 0.6 is 0 Å². The third-order valence-electron chi connectivity index (χ3n) is 4.86. The summed E-state index contributed by atoms with van der Waals surface area (Å²) in [6.07, 6.45) is -5.91. The van der Waals surface area contributed by atoms with Crippen molar-refractivity contribution in [3.8, 4) is 0 Å². The Morgan fingerprint density at radius 2 is 1.12 bits per heavy atom. The van der Waals surface area contributed by atoms with E-state index in [0.717, 1.165) is 13.8 Å². The molecule has 0 aliphatic heterocycles. The first kappa shape index (κ1) is 30.5. The molecule has 0 spiro atoms. The van der Waals surface area contributed by atoms with Gasteiger partial charge in [0, 0.05) is 0 Å². The van der Waals surface area contributed by atoms with Gasteiger partial charge in [0.15, 0.2) is 12.2 Å². The average molecular weight is 519 g/mol. The number of carbonyl (C=O) groups excluding carboxylic acids is 2. The van der Waals surface area contributed by atoms with Gasteiger partial charge in [0.2, 0.25) is 0 Å². The topological polar surface area (TPSA) is 161 Å². The Labute approximate surface area is 183 Å². The summed E-state index contributed by atoms with van der Waals surface area (Å²) in [7, 11) is -11.8. The fourth-order valence-corrected chi connectivity index (χ4v) is 3.50. The van der Waals surface area contributed by atoms with Crippen LogP contribution in [-0.4, -0.2) is 60.6 Å². The lowest BCUT2D eigenvalue weighted by molar-refractivity contribution is -0.179. The van der Waals surface area contributed by atoms with Gasteiger partial charge in [-0.2, -0.15) is 34.4 Å². The highest BCUT2D eigenvalue weighted by molar-refractivity contribution is 7.87. The van der Waals surface area contributed by atoms with Crippen molar-refractivity contribution in [2.75, 3.05) is 0 Å². The Morgan fingerprint density at radius 3 is 1.41 bits per heavy atom. The number of alkyl halides is 4. The molecule has 0 saturated heterocycles. The van der Waals surface area contributed by atoms with E-state index in [1.165, 1.54) is 13.8 Å². The van der Waals surface area contributed by atoms with Crippen molar-refractivity contribution in [1.29, 1.82) is 0 Å². The molecule has 3 unspecified atom stereocenters. The summed E-state index contributed by atoms with van der Waals surface area (Å²) in [4.78, 5) is 24.8. The molecule has 32 heavy (non-hydrogen) atoms. The van der Waals surface area contributed by atoms with E-state index in [2.05, 4.69) is 9.47 Å². The molecule has 0 amide bonds. The molecular formula is C16H26F4O10S2. The molecule has 0 rings (SSSR count). The smallest absolute Gasteiger partial charge is 0.405 e. The van der Waals surface area contributed by atoms with E-state index in [9.17, 15) is 44.0 Å². The van der Waals surface area contributed by atoms with Crippen LogP contribution in [-0.2, 0) is 39.3 Å². The summed E-state index contributed by atoms with van der Waals surface area (Å²) in [5.41, 5.74) is -3.51. The number of ether oxygens (including phenoxy) is 2. The molecule has 0 aromatic heterocycles. The van der Waals surface area contributed by atoms with E-state index >= 15 is 0 Å². The number of carbonyl (C=O) groups is 2. The van der Waals surface area contributed by atoms with Crippen LogP contribution < -0.4 is 0 Å². The Kier molecular flexibility index (Phi) is 8.94. The molecule has 16 heteroatoms. The molecular weight excluding hydrogens is 492 g/mol. The number of hydrogen-bond donors (Lipinski definition) is 2. The molecule has 0 bridgehead atoms. The van der Waals surface area contributed by atoms with Crippen LogP contribution in [0.3, 0.4) is 0 Å². The zero-order chi connectivity index (χ0) is 26.1. The number of hydrogen-bond acceptors (Lipinski definition) is 8. The second-order valence-electron chi connectivity index (χ2n) is 8.14. The van der Waals surface area contributed by atoms with Crippen LogP contribution in [0.4, 0.5) is 17.6 Å². The lowest BCUT2D eigenvalue weighted by Crippen LogP contribution is -2.47. The predicted molar refractivity (Wildman–Crippen MR) is 101 cm³/mol. The SMILES string of the molecule is CCC(C)(CC(C)(C)C(=O)OC(C)C(F)(F)S(=O)(=O)O)C(=O)OC(C)C(F)(F)S(=O)(=O)O. The third kappa shape index (κ3) is 6.51. The molecule has 0 aliphatic carbocycles. The maximum Gasteiger partial charge on any atom is 0.405 e. The van der Waals surface area contributed by atoms with Gasteiger partial charge in [-0.15, -0.1) is 0 Å². The van der Waals surface area contributed by atoms with Crippen molar-refractivity contribution in [3.05, 3.63) is 0 Å². The molecule has 0 radical (unpaired) electrons. The van der Waals surface area contributed by atoms with Gasteiger partial charge in [-0.05, 0) is 47.5 Å². The second kappa shape index (κ2) is 9.38. The monoisotopic (exact) mass is 518 g/mol. The quantitative estimate of drug-likeness (QED) is 0.236. The molecule has 2 N–H and O–H groups in total. The first-order valence-electron chi connectivity index (χ1n) is 8.98. The van der Waals surface area contributed by atoms with Gasteiger partial charge in [0.05, 0.1) is 10.8 Å². The van der Waals surface area contributed by atoms with Crippen molar-refractivity contribution >= 4 is 32.2 Å². The second-order valence-corrected chi connectivity index (χ2v) is 11.1. The zero-order valence-corrected chi connectivity index (χ0v) is 19.7. The maximum absolute atomic E-state index is 13.7. The summed E-state index contributed by atoms with van der Waals surface area (Å²) >= 11 is 0.